The van der Waals surface area contributed by atoms with E-state index < -0.39 is 40.5 Å². The first-order chi connectivity index (χ1) is 17.7. The topological polar surface area (TPSA) is 113 Å². The molecule has 3 aliphatic heterocycles. The summed E-state index contributed by atoms with van der Waals surface area (Å²) in [6.07, 6.45) is 5.44. The molecule has 0 radical (unpaired) electrons. The summed E-state index contributed by atoms with van der Waals surface area (Å²) < 4.78 is 15.8. The van der Waals surface area contributed by atoms with Gasteiger partial charge in [-0.1, -0.05) is 17.3 Å². The van der Waals surface area contributed by atoms with E-state index in [1.807, 2.05) is 6.92 Å². The Balaban J connectivity index is 1.38. The highest BCUT2D eigenvalue weighted by molar-refractivity contribution is 5.99. The normalized spacial score (nSPS) is 26.4. The molecule has 10 heteroatoms. The highest BCUT2D eigenvalue weighted by atomic mass is 19.1. The van der Waals surface area contributed by atoms with Crippen LogP contribution in [0.2, 0.25) is 0 Å². The molecule has 2 N–H and O–H groups in total. The van der Waals surface area contributed by atoms with E-state index >= 15 is 0 Å². The Morgan fingerprint density at radius 1 is 1.30 bits per heavy atom. The Kier molecular flexibility index (Phi) is 5.40. The first-order valence-electron chi connectivity index (χ1n) is 12.8. The quantitative estimate of drug-likeness (QED) is 0.659. The second-order valence-corrected chi connectivity index (χ2v) is 10.8. The van der Waals surface area contributed by atoms with Gasteiger partial charge in [-0.3, -0.25) is 14.4 Å². The molecule has 2 amide bonds. The van der Waals surface area contributed by atoms with Crippen LogP contribution in [0.3, 0.4) is 0 Å². The number of nitrogens with one attached hydrogen (secondary N) is 1. The van der Waals surface area contributed by atoms with Gasteiger partial charge in [-0.15, -0.1) is 0 Å². The van der Waals surface area contributed by atoms with E-state index in [2.05, 4.69) is 10.5 Å². The molecule has 1 saturated carbocycles. The van der Waals surface area contributed by atoms with Crippen molar-refractivity contribution in [2.75, 3.05) is 6.54 Å². The summed E-state index contributed by atoms with van der Waals surface area (Å²) in [6, 6.07) is 4.11. The number of halogens is 1. The van der Waals surface area contributed by atoms with Crippen molar-refractivity contribution in [2.45, 2.75) is 70.2 Å². The summed E-state index contributed by atoms with van der Waals surface area (Å²) in [5, 5.41) is 17.9. The molecule has 1 aromatic heterocycles. The molecule has 2 aromatic rings. The number of pyridine rings is 1. The van der Waals surface area contributed by atoms with Gasteiger partial charge < -0.3 is 24.7 Å². The maximum Gasteiger partial charge on any atom is 0.274 e. The number of fused-ring (bicyclic) bond motifs is 5. The number of aryl methyl sites for hydroxylation is 1. The zero-order valence-electron chi connectivity index (χ0n) is 20.8. The summed E-state index contributed by atoms with van der Waals surface area (Å²) in [5.41, 5.74) is -0.0981. The number of hydrogen-bond donors (Lipinski definition) is 2. The first-order valence-corrected chi connectivity index (χ1v) is 12.8. The molecule has 2 fully saturated rings. The van der Waals surface area contributed by atoms with Crippen LogP contribution < -0.4 is 10.7 Å². The molecular weight excluding hydrogens is 479 g/mol. The van der Waals surface area contributed by atoms with Gasteiger partial charge in [0.15, 0.2) is 17.0 Å². The van der Waals surface area contributed by atoms with E-state index in [4.69, 9.17) is 4.84 Å². The van der Waals surface area contributed by atoms with Gasteiger partial charge in [0.2, 0.25) is 5.43 Å². The van der Waals surface area contributed by atoms with Gasteiger partial charge >= 0.3 is 0 Å². The van der Waals surface area contributed by atoms with Crippen LogP contribution in [-0.4, -0.2) is 50.3 Å². The van der Waals surface area contributed by atoms with Crippen molar-refractivity contribution in [2.24, 2.45) is 11.1 Å². The van der Waals surface area contributed by atoms with Crippen LogP contribution in [0.25, 0.3) is 0 Å². The fraction of sp³-hybridized carbons (Fsp3) is 0.481. The number of aromatic nitrogens is 1. The lowest BCUT2D eigenvalue weighted by Crippen LogP contribution is -2.52. The van der Waals surface area contributed by atoms with E-state index in [0.717, 1.165) is 24.1 Å². The molecule has 194 valence electrons. The molecule has 9 nitrogen and oxygen atoms in total. The van der Waals surface area contributed by atoms with Gasteiger partial charge in [0.1, 0.15) is 11.4 Å². The molecule has 3 atom stereocenters. The molecule has 6 rings (SSSR count). The van der Waals surface area contributed by atoms with Crippen molar-refractivity contribution >= 4 is 17.5 Å². The molecule has 1 aromatic carbocycles. The summed E-state index contributed by atoms with van der Waals surface area (Å²) in [5.74, 6) is -2.02. The van der Waals surface area contributed by atoms with E-state index in [1.165, 1.54) is 12.3 Å². The van der Waals surface area contributed by atoms with Crippen LogP contribution in [0.5, 0.6) is 5.75 Å². The van der Waals surface area contributed by atoms with Gasteiger partial charge in [0.25, 0.3) is 11.8 Å². The van der Waals surface area contributed by atoms with Crippen molar-refractivity contribution in [3.05, 3.63) is 62.8 Å². The standard InChI is InChI=1S/C27H29FN4O5/c1-14-3-4-17(19(28)9-14)11-29-25(35)18-12-32-21-13-31(26(36)22(32)24(34)23(18)33)15(2)7-8-27(21)10-20(30-37-27)16-5-6-16/h3-4,9,12,15-16,21,34H,5-8,10-11,13H2,1-2H3,(H,29,35)/t15-,21+,27-/m0/s1. The van der Waals surface area contributed by atoms with Crippen molar-refractivity contribution in [1.29, 1.82) is 0 Å². The molecule has 0 unspecified atom stereocenters. The third-order valence-corrected chi connectivity index (χ3v) is 8.27. The van der Waals surface area contributed by atoms with Gasteiger partial charge in [-0.25, -0.2) is 4.39 Å². The number of carbonyl (C=O) groups is 2. The molecule has 1 saturated heterocycles. The fourth-order valence-electron chi connectivity index (χ4n) is 5.84. The first kappa shape index (κ1) is 23.7. The maximum atomic E-state index is 14.3. The number of nitrogens with zero attached hydrogens (tertiary/aromatic N) is 3. The minimum absolute atomic E-state index is 0.112. The smallest absolute Gasteiger partial charge is 0.274 e. The number of carbonyl (C=O) groups excluding carboxylic acids is 2. The third-order valence-electron chi connectivity index (χ3n) is 8.27. The van der Waals surface area contributed by atoms with E-state index in [1.54, 1.807) is 28.5 Å². The second kappa shape index (κ2) is 8.43. The third kappa shape index (κ3) is 3.81. The number of rotatable bonds is 4. The molecule has 1 spiro atoms. The van der Waals surface area contributed by atoms with Crippen LogP contribution in [0, 0.1) is 18.7 Å². The van der Waals surface area contributed by atoms with Crippen molar-refractivity contribution in [3.8, 4) is 5.75 Å². The Hall–Kier alpha value is -3.69. The zero-order valence-corrected chi connectivity index (χ0v) is 20.8. The molecule has 2 bridgehead atoms. The Morgan fingerprint density at radius 3 is 2.81 bits per heavy atom. The van der Waals surface area contributed by atoms with Crippen molar-refractivity contribution in [1.82, 2.24) is 14.8 Å². The van der Waals surface area contributed by atoms with Gasteiger partial charge in [0.05, 0.1) is 11.8 Å². The molecule has 4 aliphatic rings. The zero-order chi connectivity index (χ0) is 26.1. The number of benzene rings is 1. The maximum absolute atomic E-state index is 14.3. The van der Waals surface area contributed by atoms with Crippen molar-refractivity contribution < 1.29 is 23.9 Å². The lowest BCUT2D eigenvalue weighted by molar-refractivity contribution is -0.0655. The van der Waals surface area contributed by atoms with Gasteiger partial charge in [-0.05, 0) is 51.2 Å². The van der Waals surface area contributed by atoms with Crippen LogP contribution >= 0.6 is 0 Å². The predicted octanol–water partition coefficient (Wildman–Crippen LogP) is 3.04. The summed E-state index contributed by atoms with van der Waals surface area (Å²) >= 11 is 0. The molecule has 4 heterocycles. The molecular formula is C27H29FN4O5. The minimum atomic E-state index is -0.940. The van der Waals surface area contributed by atoms with Crippen LogP contribution in [0.1, 0.15) is 77.0 Å². The average molecular weight is 509 g/mol. The molecule has 37 heavy (non-hydrogen) atoms. The Labute approximate surface area is 212 Å². The van der Waals surface area contributed by atoms with E-state index in [-0.39, 0.29) is 29.4 Å². The van der Waals surface area contributed by atoms with E-state index in [9.17, 15) is 23.9 Å². The number of amides is 2. The van der Waals surface area contributed by atoms with Crippen LogP contribution in [-0.2, 0) is 11.4 Å². The number of hydrogen-bond acceptors (Lipinski definition) is 6. The summed E-state index contributed by atoms with van der Waals surface area (Å²) in [4.78, 5) is 47.4. The lowest BCUT2D eigenvalue weighted by atomic mass is 9.83. The largest absolute Gasteiger partial charge is 0.503 e. The van der Waals surface area contributed by atoms with E-state index in [0.29, 0.717) is 31.7 Å². The Bertz CT molecular complexity index is 1410. The lowest BCUT2D eigenvalue weighted by Gasteiger charge is -2.41. The summed E-state index contributed by atoms with van der Waals surface area (Å²) in [6.45, 7) is 3.89. The molecule has 1 aliphatic carbocycles. The van der Waals surface area contributed by atoms with Crippen LogP contribution in [0.4, 0.5) is 4.39 Å². The monoisotopic (exact) mass is 508 g/mol. The van der Waals surface area contributed by atoms with Gasteiger partial charge in [0, 0.05) is 43.2 Å². The average Bonchev–Trinajstić information content (AvgIpc) is 3.64. The van der Waals surface area contributed by atoms with Crippen molar-refractivity contribution in [3.63, 3.8) is 0 Å². The Morgan fingerprint density at radius 2 is 2.08 bits per heavy atom. The van der Waals surface area contributed by atoms with Gasteiger partial charge in [-0.2, -0.15) is 0 Å². The minimum Gasteiger partial charge on any atom is -0.503 e. The fourth-order valence-corrected chi connectivity index (χ4v) is 5.84. The highest BCUT2D eigenvalue weighted by Crippen LogP contribution is 2.49. The number of aromatic hydroxyl groups is 1. The summed E-state index contributed by atoms with van der Waals surface area (Å²) in [7, 11) is 0. The van der Waals surface area contributed by atoms with Crippen LogP contribution in [0.15, 0.2) is 34.3 Å². The second-order valence-electron chi connectivity index (χ2n) is 10.8. The number of oxime groups is 1. The predicted molar refractivity (Wildman–Crippen MR) is 132 cm³/mol. The highest BCUT2D eigenvalue weighted by Gasteiger charge is 2.55. The SMILES string of the molecule is Cc1ccc(CNC(=O)c2cn3c(c(O)c2=O)C(=O)N2C[C@@H]3[C@]3(CC[C@@H]2C)CC(C2CC2)=NO3)c(F)c1.